The molecule has 0 spiro atoms. The van der Waals surface area contributed by atoms with Crippen LogP contribution in [0.15, 0.2) is 53.4 Å². The fourth-order valence-corrected chi connectivity index (χ4v) is 3.71. The first-order chi connectivity index (χ1) is 12.7. The summed E-state index contributed by atoms with van der Waals surface area (Å²) in [5.74, 6) is -0.00288. The molecule has 0 aliphatic rings. The van der Waals surface area contributed by atoms with Crippen molar-refractivity contribution in [1.29, 1.82) is 0 Å². The lowest BCUT2D eigenvalue weighted by Gasteiger charge is -2.23. The molecule has 1 atom stereocenters. The average Bonchev–Trinajstić information content (AvgIpc) is 2.65. The Labute approximate surface area is 162 Å². The highest BCUT2D eigenvalue weighted by Gasteiger charge is 2.21. The maximum Gasteiger partial charge on any atom is 0.251 e. The lowest BCUT2D eigenvalue weighted by Crippen LogP contribution is -2.31. The Balaban J connectivity index is 2.20. The van der Waals surface area contributed by atoms with Crippen molar-refractivity contribution in [3.05, 3.63) is 65.2 Å². The Morgan fingerprint density at radius 3 is 2.00 bits per heavy atom. The highest BCUT2D eigenvalue weighted by Crippen LogP contribution is 2.23. The van der Waals surface area contributed by atoms with Crippen molar-refractivity contribution in [3.63, 3.8) is 0 Å². The van der Waals surface area contributed by atoms with E-state index >= 15 is 0 Å². The number of aryl methyl sites for hydroxylation is 1. The second-order valence-electron chi connectivity index (χ2n) is 7.10. The fourth-order valence-electron chi connectivity index (χ4n) is 2.81. The van der Waals surface area contributed by atoms with Gasteiger partial charge in [-0.15, -0.1) is 0 Å². The van der Waals surface area contributed by atoms with Crippen molar-refractivity contribution < 1.29 is 13.2 Å². The van der Waals surface area contributed by atoms with Gasteiger partial charge in [0.15, 0.2) is 0 Å². The summed E-state index contributed by atoms with van der Waals surface area (Å²) in [6.07, 6.45) is 0.973. The molecular formula is C21H28N2O3S. The third-order valence-corrected chi connectivity index (χ3v) is 6.42. The summed E-state index contributed by atoms with van der Waals surface area (Å²) >= 11 is 0. The number of nitrogens with one attached hydrogen (secondary N) is 1. The van der Waals surface area contributed by atoms with Gasteiger partial charge in [0.1, 0.15) is 0 Å². The molecule has 0 saturated carbocycles. The van der Waals surface area contributed by atoms with E-state index in [1.807, 2.05) is 0 Å². The van der Waals surface area contributed by atoms with Crippen molar-refractivity contribution in [3.8, 4) is 0 Å². The van der Waals surface area contributed by atoms with Crippen LogP contribution in [0.5, 0.6) is 0 Å². The second-order valence-corrected chi connectivity index (χ2v) is 9.25. The van der Waals surface area contributed by atoms with Gasteiger partial charge in [0.25, 0.3) is 5.91 Å². The van der Waals surface area contributed by atoms with Crippen LogP contribution in [0.3, 0.4) is 0 Å². The SMILES string of the molecule is CCc1ccc([C@@H](NC(=O)c2ccc(S(=O)(=O)N(C)C)cc2)C(C)C)cc1. The molecule has 2 aromatic carbocycles. The molecule has 0 aliphatic carbocycles. The number of nitrogens with zero attached hydrogens (tertiary/aromatic N) is 1. The molecule has 0 saturated heterocycles. The van der Waals surface area contributed by atoms with Gasteiger partial charge in [-0.25, -0.2) is 12.7 Å². The summed E-state index contributed by atoms with van der Waals surface area (Å²) in [5, 5.41) is 3.07. The molecule has 1 amide bonds. The smallest absolute Gasteiger partial charge is 0.251 e. The predicted octanol–water partition coefficient (Wildman–Crippen LogP) is 3.63. The maximum absolute atomic E-state index is 12.7. The van der Waals surface area contributed by atoms with Gasteiger partial charge in [-0.1, -0.05) is 45.0 Å². The number of carbonyl (C=O) groups excluding carboxylic acids is 1. The summed E-state index contributed by atoms with van der Waals surface area (Å²) in [6.45, 7) is 6.23. The quantitative estimate of drug-likeness (QED) is 0.788. The second kappa shape index (κ2) is 8.67. The molecule has 2 rings (SSSR count). The Hall–Kier alpha value is -2.18. The molecule has 0 aliphatic heterocycles. The summed E-state index contributed by atoms with van der Waals surface area (Å²) < 4.78 is 25.4. The van der Waals surface area contributed by atoms with Gasteiger partial charge >= 0.3 is 0 Å². The van der Waals surface area contributed by atoms with Crippen molar-refractivity contribution in [2.24, 2.45) is 5.92 Å². The van der Waals surface area contributed by atoms with Crippen LogP contribution in [-0.2, 0) is 16.4 Å². The van der Waals surface area contributed by atoms with E-state index in [2.05, 4.69) is 50.4 Å². The number of carbonyl (C=O) groups is 1. The Morgan fingerprint density at radius 2 is 1.56 bits per heavy atom. The third kappa shape index (κ3) is 4.96. The summed E-state index contributed by atoms with van der Waals surface area (Å²) in [6, 6.07) is 14.2. The maximum atomic E-state index is 12.7. The minimum Gasteiger partial charge on any atom is -0.345 e. The van der Waals surface area contributed by atoms with E-state index in [9.17, 15) is 13.2 Å². The molecule has 2 aromatic rings. The minimum absolute atomic E-state index is 0.117. The molecule has 0 unspecified atom stereocenters. The van der Waals surface area contributed by atoms with Crippen LogP contribution < -0.4 is 5.32 Å². The Bertz CT molecular complexity index is 871. The number of hydrogen-bond acceptors (Lipinski definition) is 3. The standard InChI is InChI=1S/C21H28N2O3S/c1-6-16-7-9-17(10-8-16)20(15(2)3)22-21(24)18-11-13-19(14-12-18)27(25,26)23(4)5/h7-15,20H,6H2,1-5H3,(H,22,24)/t20-/m0/s1. The monoisotopic (exact) mass is 388 g/mol. The summed E-state index contributed by atoms with van der Waals surface area (Å²) in [4.78, 5) is 12.8. The topological polar surface area (TPSA) is 66.5 Å². The number of benzene rings is 2. The molecule has 146 valence electrons. The van der Waals surface area contributed by atoms with Gasteiger partial charge in [-0.3, -0.25) is 4.79 Å². The molecule has 0 aromatic heterocycles. The van der Waals surface area contributed by atoms with Gasteiger partial charge in [0, 0.05) is 19.7 Å². The van der Waals surface area contributed by atoms with Crippen molar-refractivity contribution >= 4 is 15.9 Å². The molecule has 0 radical (unpaired) electrons. The van der Waals surface area contributed by atoms with Crippen LogP contribution in [0.2, 0.25) is 0 Å². The van der Waals surface area contributed by atoms with Crippen LogP contribution in [0.25, 0.3) is 0 Å². The average molecular weight is 389 g/mol. The van der Waals surface area contributed by atoms with Gasteiger partial charge in [-0.05, 0) is 47.7 Å². The van der Waals surface area contributed by atoms with Gasteiger partial charge < -0.3 is 5.32 Å². The molecule has 6 heteroatoms. The lowest BCUT2D eigenvalue weighted by atomic mass is 9.94. The van der Waals surface area contributed by atoms with Crippen LogP contribution in [0.1, 0.15) is 48.3 Å². The number of rotatable bonds is 7. The molecule has 1 N–H and O–H groups in total. The Morgan fingerprint density at radius 1 is 1.00 bits per heavy atom. The lowest BCUT2D eigenvalue weighted by molar-refractivity contribution is 0.0925. The van der Waals surface area contributed by atoms with Crippen molar-refractivity contribution in [2.45, 2.75) is 38.1 Å². The minimum atomic E-state index is -3.50. The molecule has 0 heterocycles. The van der Waals surface area contributed by atoms with E-state index in [4.69, 9.17) is 0 Å². The molecule has 0 bridgehead atoms. The first-order valence-electron chi connectivity index (χ1n) is 9.09. The first kappa shape index (κ1) is 21.1. The fraction of sp³-hybridized carbons (Fsp3) is 0.381. The van der Waals surface area contributed by atoms with E-state index in [1.54, 1.807) is 12.1 Å². The third-order valence-electron chi connectivity index (χ3n) is 4.60. The van der Waals surface area contributed by atoms with Crippen LogP contribution in [0.4, 0.5) is 0 Å². The highest BCUT2D eigenvalue weighted by molar-refractivity contribution is 7.89. The molecule has 0 fully saturated rings. The van der Waals surface area contributed by atoms with Gasteiger partial charge in [0.05, 0.1) is 10.9 Å². The normalized spacial score (nSPS) is 13.0. The molecular weight excluding hydrogens is 360 g/mol. The largest absolute Gasteiger partial charge is 0.345 e. The molecule has 27 heavy (non-hydrogen) atoms. The summed E-state index contributed by atoms with van der Waals surface area (Å²) in [7, 11) is -0.546. The van der Waals surface area contributed by atoms with Crippen LogP contribution in [0, 0.1) is 5.92 Å². The number of sulfonamides is 1. The number of hydrogen-bond donors (Lipinski definition) is 1. The summed E-state index contributed by atoms with van der Waals surface area (Å²) in [5.41, 5.74) is 2.75. The zero-order valence-electron chi connectivity index (χ0n) is 16.6. The van der Waals surface area contributed by atoms with Gasteiger partial charge in [-0.2, -0.15) is 0 Å². The van der Waals surface area contributed by atoms with Crippen molar-refractivity contribution in [2.75, 3.05) is 14.1 Å². The Kier molecular flexibility index (Phi) is 6.78. The van der Waals surface area contributed by atoms with E-state index < -0.39 is 10.0 Å². The van der Waals surface area contributed by atoms with Crippen molar-refractivity contribution in [1.82, 2.24) is 9.62 Å². The van der Waals surface area contributed by atoms with E-state index in [0.717, 1.165) is 16.3 Å². The van der Waals surface area contributed by atoms with E-state index in [0.29, 0.717) is 5.56 Å². The first-order valence-corrected chi connectivity index (χ1v) is 10.5. The zero-order chi connectivity index (χ0) is 20.2. The predicted molar refractivity (Wildman–Crippen MR) is 108 cm³/mol. The number of amides is 1. The highest BCUT2D eigenvalue weighted by atomic mass is 32.2. The zero-order valence-corrected chi connectivity index (χ0v) is 17.4. The van der Waals surface area contributed by atoms with Crippen LogP contribution >= 0.6 is 0 Å². The van der Waals surface area contributed by atoms with Gasteiger partial charge in [0.2, 0.25) is 10.0 Å². The van der Waals surface area contributed by atoms with E-state index in [1.165, 1.54) is 31.8 Å². The van der Waals surface area contributed by atoms with E-state index in [-0.39, 0.29) is 22.8 Å². The van der Waals surface area contributed by atoms with Crippen LogP contribution in [-0.4, -0.2) is 32.7 Å². The molecule has 5 nitrogen and oxygen atoms in total.